The van der Waals surface area contributed by atoms with Crippen molar-refractivity contribution in [3.05, 3.63) is 33.8 Å². The van der Waals surface area contributed by atoms with E-state index in [-0.39, 0.29) is 24.2 Å². The Hall–Kier alpha value is -1.05. The van der Waals surface area contributed by atoms with Crippen molar-refractivity contribution in [2.45, 2.75) is 18.9 Å². The third-order valence-electron chi connectivity index (χ3n) is 4.91. The number of halogens is 3. The third-order valence-corrected chi connectivity index (χ3v) is 5.48. The van der Waals surface area contributed by atoms with Crippen LogP contribution >= 0.6 is 35.6 Å². The van der Waals surface area contributed by atoms with Gasteiger partial charge in [0.15, 0.2) is 0 Å². The molecule has 0 bridgehead atoms. The standard InChI is InChI=1S/C18H24Cl2N4O2.ClH/c19-13-3-4-15(20)14(12-13)18(26)24-8-1-2-16(24)17(25)22-7-11-23-9-5-21-6-10-23;/h3-4,12,16,21H,1-2,5-11H2,(H,22,25);1H. The smallest absolute Gasteiger partial charge is 0.256 e. The summed E-state index contributed by atoms with van der Waals surface area (Å²) < 4.78 is 0. The summed E-state index contributed by atoms with van der Waals surface area (Å²) >= 11 is 12.1. The molecule has 1 atom stereocenters. The highest BCUT2D eigenvalue weighted by Crippen LogP contribution is 2.26. The molecule has 0 radical (unpaired) electrons. The van der Waals surface area contributed by atoms with Crippen LogP contribution in [0.25, 0.3) is 0 Å². The van der Waals surface area contributed by atoms with Crippen LogP contribution in [0, 0.1) is 0 Å². The van der Waals surface area contributed by atoms with Crippen LogP contribution in [0.5, 0.6) is 0 Å². The van der Waals surface area contributed by atoms with E-state index in [0.29, 0.717) is 35.1 Å². The van der Waals surface area contributed by atoms with Crippen LogP contribution < -0.4 is 10.6 Å². The summed E-state index contributed by atoms with van der Waals surface area (Å²) in [5.74, 6) is -0.332. The van der Waals surface area contributed by atoms with Gasteiger partial charge in [-0.15, -0.1) is 12.4 Å². The van der Waals surface area contributed by atoms with E-state index in [1.165, 1.54) is 0 Å². The van der Waals surface area contributed by atoms with Crippen LogP contribution in [-0.4, -0.2) is 73.5 Å². The lowest BCUT2D eigenvalue weighted by atomic mass is 10.1. The maximum atomic E-state index is 12.8. The molecule has 2 N–H and O–H groups in total. The number of hydrogen-bond donors (Lipinski definition) is 2. The molecule has 1 aromatic rings. The number of carbonyl (C=O) groups is 2. The largest absolute Gasteiger partial charge is 0.353 e. The minimum Gasteiger partial charge on any atom is -0.353 e. The number of rotatable bonds is 5. The minimum absolute atomic E-state index is 0. The van der Waals surface area contributed by atoms with Gasteiger partial charge in [0.25, 0.3) is 5.91 Å². The van der Waals surface area contributed by atoms with Crippen molar-refractivity contribution in [1.82, 2.24) is 20.4 Å². The molecule has 1 aromatic carbocycles. The molecule has 0 aliphatic carbocycles. The summed E-state index contributed by atoms with van der Waals surface area (Å²) in [6, 6.07) is 4.37. The molecule has 9 heteroatoms. The Morgan fingerprint density at radius 2 is 1.93 bits per heavy atom. The summed E-state index contributed by atoms with van der Waals surface area (Å²) in [7, 11) is 0. The molecule has 2 saturated heterocycles. The van der Waals surface area contributed by atoms with E-state index in [9.17, 15) is 9.59 Å². The zero-order valence-corrected chi connectivity index (χ0v) is 17.4. The van der Waals surface area contributed by atoms with E-state index >= 15 is 0 Å². The lowest BCUT2D eigenvalue weighted by Gasteiger charge is -2.28. The van der Waals surface area contributed by atoms with Gasteiger partial charge in [-0.3, -0.25) is 14.5 Å². The van der Waals surface area contributed by atoms with Crippen molar-refractivity contribution in [3.8, 4) is 0 Å². The number of carbonyl (C=O) groups excluding carboxylic acids is 2. The molecular weight excluding hydrogens is 411 g/mol. The Kier molecular flexibility index (Phi) is 8.63. The average molecular weight is 436 g/mol. The third kappa shape index (κ3) is 5.72. The Labute approximate surface area is 176 Å². The first-order valence-corrected chi connectivity index (χ1v) is 9.78. The topological polar surface area (TPSA) is 64.7 Å². The number of hydrogen-bond acceptors (Lipinski definition) is 4. The van der Waals surface area contributed by atoms with Gasteiger partial charge in [0.1, 0.15) is 6.04 Å². The van der Waals surface area contributed by atoms with Crippen LogP contribution in [0.15, 0.2) is 18.2 Å². The zero-order chi connectivity index (χ0) is 18.5. The molecule has 2 fully saturated rings. The van der Waals surface area contributed by atoms with E-state index in [1.807, 2.05) is 0 Å². The summed E-state index contributed by atoms with van der Waals surface area (Å²) in [5.41, 5.74) is 0.347. The average Bonchev–Trinajstić information content (AvgIpc) is 3.14. The summed E-state index contributed by atoms with van der Waals surface area (Å²) in [5, 5.41) is 7.09. The number of piperazine rings is 1. The molecule has 3 rings (SSSR count). The highest BCUT2D eigenvalue weighted by atomic mass is 35.5. The first-order valence-electron chi connectivity index (χ1n) is 9.03. The Morgan fingerprint density at radius 3 is 2.67 bits per heavy atom. The molecule has 2 aliphatic rings. The molecule has 150 valence electrons. The Balaban J connectivity index is 0.00000261. The lowest BCUT2D eigenvalue weighted by molar-refractivity contribution is -0.124. The van der Waals surface area contributed by atoms with Crippen molar-refractivity contribution in [2.24, 2.45) is 0 Å². The second-order valence-electron chi connectivity index (χ2n) is 6.66. The van der Waals surface area contributed by atoms with Crippen LogP contribution in [0.2, 0.25) is 10.0 Å². The van der Waals surface area contributed by atoms with Crippen molar-refractivity contribution in [3.63, 3.8) is 0 Å². The van der Waals surface area contributed by atoms with Gasteiger partial charge in [0.05, 0.1) is 10.6 Å². The normalized spacial score (nSPS) is 20.2. The quantitative estimate of drug-likeness (QED) is 0.743. The molecule has 0 spiro atoms. The zero-order valence-electron chi connectivity index (χ0n) is 15.0. The molecule has 0 saturated carbocycles. The van der Waals surface area contributed by atoms with E-state index in [0.717, 1.165) is 39.1 Å². The van der Waals surface area contributed by atoms with Gasteiger partial charge < -0.3 is 15.5 Å². The molecule has 2 heterocycles. The fraction of sp³-hybridized carbons (Fsp3) is 0.556. The van der Waals surface area contributed by atoms with Gasteiger partial charge in [0.2, 0.25) is 5.91 Å². The fourth-order valence-electron chi connectivity index (χ4n) is 3.49. The van der Waals surface area contributed by atoms with Crippen molar-refractivity contribution < 1.29 is 9.59 Å². The van der Waals surface area contributed by atoms with Gasteiger partial charge in [-0.05, 0) is 31.0 Å². The predicted molar refractivity (Wildman–Crippen MR) is 110 cm³/mol. The van der Waals surface area contributed by atoms with E-state index in [2.05, 4.69) is 15.5 Å². The monoisotopic (exact) mass is 434 g/mol. The van der Waals surface area contributed by atoms with Gasteiger partial charge in [-0.1, -0.05) is 23.2 Å². The first-order chi connectivity index (χ1) is 12.6. The summed E-state index contributed by atoms with van der Waals surface area (Å²) in [4.78, 5) is 29.4. The van der Waals surface area contributed by atoms with Gasteiger partial charge in [-0.25, -0.2) is 0 Å². The minimum atomic E-state index is -0.444. The fourth-order valence-corrected chi connectivity index (χ4v) is 3.86. The Bertz CT molecular complexity index is 668. The highest BCUT2D eigenvalue weighted by Gasteiger charge is 2.35. The molecule has 2 amide bonds. The van der Waals surface area contributed by atoms with E-state index in [4.69, 9.17) is 23.2 Å². The molecule has 1 unspecified atom stereocenters. The Morgan fingerprint density at radius 1 is 1.19 bits per heavy atom. The molecule has 27 heavy (non-hydrogen) atoms. The van der Waals surface area contributed by atoms with E-state index in [1.54, 1.807) is 23.1 Å². The predicted octanol–water partition coefficient (Wildman–Crippen LogP) is 2.04. The van der Waals surface area contributed by atoms with Gasteiger partial charge >= 0.3 is 0 Å². The molecule has 2 aliphatic heterocycles. The number of nitrogens with one attached hydrogen (secondary N) is 2. The summed E-state index contributed by atoms with van der Waals surface area (Å²) in [6.45, 7) is 5.94. The van der Waals surface area contributed by atoms with E-state index < -0.39 is 6.04 Å². The second kappa shape index (κ2) is 10.5. The number of amides is 2. The van der Waals surface area contributed by atoms with Gasteiger partial charge in [-0.2, -0.15) is 0 Å². The van der Waals surface area contributed by atoms with Crippen LogP contribution in [-0.2, 0) is 4.79 Å². The van der Waals surface area contributed by atoms with Crippen LogP contribution in [0.3, 0.4) is 0 Å². The number of nitrogens with zero attached hydrogens (tertiary/aromatic N) is 2. The van der Waals surface area contributed by atoms with Crippen LogP contribution in [0.4, 0.5) is 0 Å². The second-order valence-corrected chi connectivity index (χ2v) is 7.51. The number of likely N-dealkylation sites (tertiary alicyclic amines) is 1. The molecular formula is C18H25Cl3N4O2. The first kappa shape index (κ1) is 22.2. The molecule has 6 nitrogen and oxygen atoms in total. The maximum absolute atomic E-state index is 12.8. The molecule has 0 aromatic heterocycles. The number of benzene rings is 1. The van der Waals surface area contributed by atoms with Crippen molar-refractivity contribution >= 4 is 47.4 Å². The lowest BCUT2D eigenvalue weighted by Crippen LogP contribution is -2.49. The maximum Gasteiger partial charge on any atom is 0.256 e. The highest BCUT2D eigenvalue weighted by molar-refractivity contribution is 6.35. The van der Waals surface area contributed by atoms with Crippen LogP contribution in [0.1, 0.15) is 23.2 Å². The SMILES string of the molecule is Cl.O=C(NCCN1CCNCC1)C1CCCN1C(=O)c1cc(Cl)ccc1Cl. The van der Waals surface area contributed by atoms with Crippen molar-refractivity contribution in [1.29, 1.82) is 0 Å². The van der Waals surface area contributed by atoms with Gasteiger partial charge in [0, 0.05) is 50.8 Å². The summed E-state index contributed by atoms with van der Waals surface area (Å²) in [6.07, 6.45) is 1.48. The van der Waals surface area contributed by atoms with Crippen molar-refractivity contribution in [2.75, 3.05) is 45.8 Å².